The van der Waals surface area contributed by atoms with Crippen LogP contribution in [-0.4, -0.2) is 36.0 Å². The second kappa shape index (κ2) is 2.99. The van der Waals surface area contributed by atoms with Crippen LogP contribution in [0.15, 0.2) is 0 Å². The molecule has 0 aromatic heterocycles. The van der Waals surface area contributed by atoms with Crippen molar-refractivity contribution in [3.8, 4) is 0 Å². The highest BCUT2D eigenvalue weighted by molar-refractivity contribution is 5.75. The largest absolute Gasteiger partial charge is 0.444 e. The number of amides is 1. The van der Waals surface area contributed by atoms with Gasteiger partial charge in [0.1, 0.15) is 11.9 Å². The van der Waals surface area contributed by atoms with Gasteiger partial charge in [0.2, 0.25) is 0 Å². The van der Waals surface area contributed by atoms with Gasteiger partial charge in [0.15, 0.2) is 0 Å². The third-order valence-corrected chi connectivity index (χ3v) is 3.67. The fraction of sp³-hybridized carbons (Fsp3) is 0.833. The molecule has 1 saturated carbocycles. The molecule has 0 N–H and O–H groups in total. The van der Waals surface area contributed by atoms with E-state index < -0.39 is 5.60 Å². The number of fused-ring (bicyclic) bond motifs is 1. The van der Waals surface area contributed by atoms with Crippen LogP contribution in [0.3, 0.4) is 0 Å². The lowest BCUT2D eigenvalue weighted by atomic mass is 10.0. The van der Waals surface area contributed by atoms with Crippen LogP contribution >= 0.6 is 0 Å². The summed E-state index contributed by atoms with van der Waals surface area (Å²) in [6, 6.07) is 0. The average molecular weight is 225 g/mol. The van der Waals surface area contributed by atoms with Crippen molar-refractivity contribution in [2.75, 3.05) is 13.1 Å². The van der Waals surface area contributed by atoms with Crippen LogP contribution in [0.5, 0.6) is 0 Å². The van der Waals surface area contributed by atoms with Gasteiger partial charge in [-0.1, -0.05) is 6.92 Å². The number of piperidine rings is 1. The van der Waals surface area contributed by atoms with Gasteiger partial charge in [-0.25, -0.2) is 4.79 Å². The minimum Gasteiger partial charge on any atom is -0.444 e. The lowest BCUT2D eigenvalue weighted by Gasteiger charge is -2.26. The van der Waals surface area contributed by atoms with E-state index in [-0.39, 0.29) is 16.9 Å². The number of hydrogen-bond donors (Lipinski definition) is 0. The van der Waals surface area contributed by atoms with E-state index >= 15 is 0 Å². The summed E-state index contributed by atoms with van der Waals surface area (Å²) in [6.45, 7) is 8.76. The summed E-state index contributed by atoms with van der Waals surface area (Å²) in [7, 11) is 0. The summed E-state index contributed by atoms with van der Waals surface area (Å²) in [4.78, 5) is 24.5. The normalized spacial score (nSPS) is 36.9. The molecule has 1 aliphatic heterocycles. The average Bonchev–Trinajstić information content (AvgIpc) is 2.58. The van der Waals surface area contributed by atoms with Crippen molar-refractivity contribution in [1.82, 2.24) is 4.90 Å². The predicted molar refractivity (Wildman–Crippen MR) is 59.0 cm³/mol. The minimum absolute atomic E-state index is 0.00828. The monoisotopic (exact) mass is 225 g/mol. The van der Waals surface area contributed by atoms with E-state index in [1.807, 2.05) is 20.8 Å². The van der Waals surface area contributed by atoms with Gasteiger partial charge in [-0.05, 0) is 27.2 Å². The van der Waals surface area contributed by atoms with Crippen molar-refractivity contribution in [3.63, 3.8) is 0 Å². The molecule has 2 fully saturated rings. The predicted octanol–water partition coefficient (Wildman–Crippen LogP) is 1.83. The van der Waals surface area contributed by atoms with Crippen molar-refractivity contribution in [2.45, 2.75) is 39.7 Å². The zero-order valence-electron chi connectivity index (χ0n) is 10.4. The number of aldehydes is 1. The Morgan fingerprint density at radius 1 is 1.38 bits per heavy atom. The molecule has 1 amide bonds. The van der Waals surface area contributed by atoms with E-state index in [1.165, 1.54) is 0 Å². The van der Waals surface area contributed by atoms with Crippen LogP contribution in [0.1, 0.15) is 34.1 Å². The van der Waals surface area contributed by atoms with E-state index in [0.717, 1.165) is 12.7 Å². The first-order chi connectivity index (χ1) is 7.21. The number of carbonyl (C=O) groups excluding carboxylic acids is 2. The Balaban J connectivity index is 2.00. The summed E-state index contributed by atoms with van der Waals surface area (Å²) in [6.07, 6.45) is 1.61. The van der Waals surface area contributed by atoms with E-state index in [1.54, 1.807) is 4.90 Å². The van der Waals surface area contributed by atoms with Gasteiger partial charge in [0.25, 0.3) is 0 Å². The van der Waals surface area contributed by atoms with Crippen LogP contribution in [0.25, 0.3) is 0 Å². The molecule has 0 radical (unpaired) electrons. The molecule has 0 aromatic rings. The zero-order chi connectivity index (χ0) is 12.2. The van der Waals surface area contributed by atoms with Crippen molar-refractivity contribution in [1.29, 1.82) is 0 Å². The van der Waals surface area contributed by atoms with Crippen molar-refractivity contribution in [2.24, 2.45) is 10.8 Å². The molecule has 2 atom stereocenters. The molecule has 1 heterocycles. The number of hydrogen-bond acceptors (Lipinski definition) is 3. The summed E-state index contributed by atoms with van der Waals surface area (Å²) >= 11 is 0. The van der Waals surface area contributed by atoms with E-state index in [0.29, 0.717) is 13.1 Å². The van der Waals surface area contributed by atoms with Crippen molar-refractivity contribution >= 4 is 12.4 Å². The SMILES string of the molecule is CC(C)(C)OC(=O)N1C[C@@]2(C)C[C@@]2(C=O)C1. The van der Waals surface area contributed by atoms with Gasteiger partial charge in [-0.3, -0.25) is 0 Å². The number of nitrogens with zero attached hydrogens (tertiary/aromatic N) is 1. The molecule has 1 saturated heterocycles. The standard InChI is InChI=1S/C12H19NO3/c1-10(2,3)16-9(15)13-6-11(4)5-12(11,7-13)8-14/h8H,5-7H2,1-4H3/t11-,12+/m1/s1. The van der Waals surface area contributed by atoms with E-state index in [9.17, 15) is 9.59 Å². The topological polar surface area (TPSA) is 46.6 Å². The van der Waals surface area contributed by atoms with Crippen LogP contribution in [0, 0.1) is 10.8 Å². The molecule has 0 bridgehead atoms. The molecule has 2 rings (SSSR count). The summed E-state index contributed by atoms with van der Waals surface area (Å²) in [5, 5.41) is 0. The lowest BCUT2D eigenvalue weighted by molar-refractivity contribution is -0.112. The zero-order valence-corrected chi connectivity index (χ0v) is 10.4. The molecule has 1 aliphatic carbocycles. The van der Waals surface area contributed by atoms with E-state index in [2.05, 4.69) is 6.92 Å². The molecule has 90 valence electrons. The Morgan fingerprint density at radius 2 is 2.00 bits per heavy atom. The molecule has 16 heavy (non-hydrogen) atoms. The summed E-state index contributed by atoms with van der Waals surface area (Å²) < 4.78 is 5.30. The van der Waals surface area contributed by atoms with Crippen LogP contribution in [0.2, 0.25) is 0 Å². The fourth-order valence-corrected chi connectivity index (χ4v) is 2.61. The smallest absolute Gasteiger partial charge is 0.410 e. The van der Waals surface area contributed by atoms with Crippen molar-refractivity contribution in [3.05, 3.63) is 0 Å². The maximum atomic E-state index is 11.8. The highest BCUT2D eigenvalue weighted by Crippen LogP contribution is 2.66. The van der Waals surface area contributed by atoms with Gasteiger partial charge < -0.3 is 14.4 Å². The maximum absolute atomic E-state index is 11.8. The second-order valence-corrected chi connectivity index (χ2v) is 6.35. The third-order valence-electron chi connectivity index (χ3n) is 3.67. The Labute approximate surface area is 95.9 Å². The van der Waals surface area contributed by atoms with Gasteiger partial charge >= 0.3 is 6.09 Å². The highest BCUT2D eigenvalue weighted by Gasteiger charge is 2.70. The second-order valence-electron chi connectivity index (χ2n) is 6.35. The lowest BCUT2D eigenvalue weighted by Crippen LogP contribution is -2.37. The highest BCUT2D eigenvalue weighted by atomic mass is 16.6. The summed E-state index contributed by atoms with van der Waals surface area (Å²) in [5.74, 6) is 0. The third kappa shape index (κ3) is 1.60. The van der Waals surface area contributed by atoms with Gasteiger partial charge in [-0.2, -0.15) is 0 Å². The van der Waals surface area contributed by atoms with Crippen LogP contribution in [-0.2, 0) is 9.53 Å². The first-order valence-corrected chi connectivity index (χ1v) is 5.66. The number of likely N-dealkylation sites (tertiary alicyclic amines) is 1. The Morgan fingerprint density at radius 3 is 2.44 bits per heavy atom. The molecular formula is C12H19NO3. The first-order valence-electron chi connectivity index (χ1n) is 5.66. The first kappa shape index (κ1) is 11.4. The van der Waals surface area contributed by atoms with Gasteiger partial charge in [0.05, 0.1) is 5.41 Å². The molecule has 2 aliphatic rings. The fourth-order valence-electron chi connectivity index (χ4n) is 2.61. The van der Waals surface area contributed by atoms with E-state index in [4.69, 9.17) is 4.74 Å². The number of carbonyl (C=O) groups is 2. The number of rotatable bonds is 1. The molecule has 0 aromatic carbocycles. The molecular weight excluding hydrogens is 206 g/mol. The van der Waals surface area contributed by atoms with Gasteiger partial charge in [-0.15, -0.1) is 0 Å². The molecule has 0 unspecified atom stereocenters. The Bertz CT molecular complexity index is 347. The molecule has 4 nitrogen and oxygen atoms in total. The minimum atomic E-state index is -0.473. The van der Waals surface area contributed by atoms with Crippen molar-refractivity contribution < 1.29 is 14.3 Å². The maximum Gasteiger partial charge on any atom is 0.410 e. The van der Waals surface area contributed by atoms with Gasteiger partial charge in [0, 0.05) is 18.5 Å². The Kier molecular flexibility index (Phi) is 2.14. The Hall–Kier alpha value is -1.06. The molecule has 4 heteroatoms. The quantitative estimate of drug-likeness (QED) is 0.640. The number of ether oxygens (including phenoxy) is 1. The van der Waals surface area contributed by atoms with Crippen LogP contribution < -0.4 is 0 Å². The molecule has 0 spiro atoms. The van der Waals surface area contributed by atoms with Crippen LogP contribution in [0.4, 0.5) is 4.79 Å². The summed E-state index contributed by atoms with van der Waals surface area (Å²) in [5.41, 5.74) is -0.769.